The Bertz CT molecular complexity index is 1380. The van der Waals surface area contributed by atoms with E-state index in [2.05, 4.69) is 41.5 Å². The van der Waals surface area contributed by atoms with E-state index >= 15 is 0 Å². The van der Waals surface area contributed by atoms with E-state index in [9.17, 15) is 9.18 Å². The molecule has 0 radical (unpaired) electrons. The first-order chi connectivity index (χ1) is 18.5. The molecule has 38 heavy (non-hydrogen) atoms. The maximum absolute atomic E-state index is 14.9. The molecule has 3 aromatic carbocycles. The number of anilines is 1. The minimum absolute atomic E-state index is 0.0390. The van der Waals surface area contributed by atoms with Crippen molar-refractivity contribution in [1.82, 2.24) is 4.98 Å². The summed E-state index contributed by atoms with van der Waals surface area (Å²) in [4.78, 5) is 16.9. The van der Waals surface area contributed by atoms with Crippen molar-refractivity contribution >= 4 is 22.5 Å². The summed E-state index contributed by atoms with van der Waals surface area (Å²) in [7, 11) is 3.09. The van der Waals surface area contributed by atoms with Gasteiger partial charge in [-0.3, -0.25) is 9.78 Å². The Labute approximate surface area is 222 Å². The summed E-state index contributed by atoms with van der Waals surface area (Å²) in [6, 6.07) is 20.0. The van der Waals surface area contributed by atoms with Gasteiger partial charge < -0.3 is 19.5 Å². The summed E-state index contributed by atoms with van der Waals surface area (Å²) in [6.45, 7) is 2.07. The number of nitrogens with one attached hydrogen (secondary N) is 1. The first-order valence-electron chi connectivity index (χ1n) is 12.8. The lowest BCUT2D eigenvalue weighted by atomic mass is 9.98. The number of carbonyl (C=O) groups excluding carboxylic acids is 1. The third-order valence-electron chi connectivity index (χ3n) is 6.43. The van der Waals surface area contributed by atoms with Gasteiger partial charge in [0.2, 0.25) is 5.91 Å². The molecule has 1 heterocycles. The molecular formula is C31H33FN2O4. The number of carbonyl (C=O) groups is 1. The van der Waals surface area contributed by atoms with Crippen LogP contribution in [0.3, 0.4) is 0 Å². The van der Waals surface area contributed by atoms with Crippen molar-refractivity contribution in [3.63, 3.8) is 0 Å². The van der Waals surface area contributed by atoms with Crippen molar-refractivity contribution in [2.75, 3.05) is 19.5 Å². The smallest absolute Gasteiger partial charge is 0.224 e. The van der Waals surface area contributed by atoms with Crippen molar-refractivity contribution in [1.29, 1.82) is 0 Å². The Kier molecular flexibility index (Phi) is 9.14. The highest BCUT2D eigenvalue weighted by molar-refractivity contribution is 5.91. The standard InChI is InChI=1S/C31H33FN2O4/c1-21(9-7-8-12-22-10-5-4-6-11-22)17-31(35)34-23-13-14-28(25(32)18-23)38-27-15-16-33-26-20-30(37-3)29(36-2)19-24(26)27/h4-6,10-11,13-16,18-21H,7-9,12,17H2,1-3H3,(H,34,35). The van der Waals surface area contributed by atoms with E-state index in [4.69, 9.17) is 14.2 Å². The second-order valence-corrected chi connectivity index (χ2v) is 9.37. The van der Waals surface area contributed by atoms with Crippen LogP contribution in [0.15, 0.2) is 72.9 Å². The van der Waals surface area contributed by atoms with E-state index in [-0.39, 0.29) is 17.6 Å². The number of hydrogen-bond donors (Lipinski definition) is 1. The highest BCUT2D eigenvalue weighted by Crippen LogP contribution is 2.37. The van der Waals surface area contributed by atoms with Crippen LogP contribution in [0.5, 0.6) is 23.0 Å². The third-order valence-corrected chi connectivity index (χ3v) is 6.43. The number of halogens is 1. The molecule has 1 aromatic heterocycles. The summed E-state index contributed by atoms with van der Waals surface area (Å²) < 4.78 is 31.5. The summed E-state index contributed by atoms with van der Waals surface area (Å²) in [6.07, 6.45) is 6.14. The number of nitrogens with zero attached hydrogens (tertiary/aromatic N) is 1. The zero-order valence-corrected chi connectivity index (χ0v) is 22.0. The minimum atomic E-state index is -0.581. The van der Waals surface area contributed by atoms with Crippen LogP contribution in [0.4, 0.5) is 10.1 Å². The fourth-order valence-corrected chi connectivity index (χ4v) is 4.41. The summed E-state index contributed by atoms with van der Waals surface area (Å²) >= 11 is 0. The van der Waals surface area contributed by atoms with Gasteiger partial charge in [-0.1, -0.05) is 50.1 Å². The molecule has 1 amide bonds. The number of amides is 1. The largest absolute Gasteiger partial charge is 0.493 e. The second-order valence-electron chi connectivity index (χ2n) is 9.37. The second kappa shape index (κ2) is 12.9. The SMILES string of the molecule is COc1cc2nccc(Oc3ccc(NC(=O)CC(C)CCCCc4ccccc4)cc3F)c2cc1OC. The van der Waals surface area contributed by atoms with E-state index in [1.807, 2.05) is 6.07 Å². The molecule has 0 aliphatic rings. The molecule has 0 aliphatic heterocycles. The van der Waals surface area contributed by atoms with Crippen molar-refractivity contribution in [2.24, 2.45) is 5.92 Å². The first kappa shape index (κ1) is 26.9. The van der Waals surface area contributed by atoms with Gasteiger partial charge >= 0.3 is 0 Å². The summed E-state index contributed by atoms with van der Waals surface area (Å²) in [5.41, 5.74) is 2.35. The number of hydrogen-bond acceptors (Lipinski definition) is 5. The van der Waals surface area contributed by atoms with Crippen LogP contribution < -0.4 is 19.5 Å². The predicted molar refractivity (Wildman–Crippen MR) is 148 cm³/mol. The molecule has 4 aromatic rings. The molecule has 0 aliphatic carbocycles. The van der Waals surface area contributed by atoms with Gasteiger partial charge in [-0.25, -0.2) is 4.39 Å². The molecule has 0 bridgehead atoms. The maximum atomic E-state index is 14.9. The van der Waals surface area contributed by atoms with E-state index < -0.39 is 5.82 Å². The van der Waals surface area contributed by atoms with E-state index in [0.717, 1.165) is 25.7 Å². The topological polar surface area (TPSA) is 69.7 Å². The lowest BCUT2D eigenvalue weighted by molar-refractivity contribution is -0.117. The number of ether oxygens (including phenoxy) is 3. The average molecular weight is 517 g/mol. The Morgan fingerprint density at radius 1 is 0.921 bits per heavy atom. The van der Waals surface area contributed by atoms with Gasteiger partial charge in [0.25, 0.3) is 0 Å². The van der Waals surface area contributed by atoms with Crippen LogP contribution in [0.1, 0.15) is 38.2 Å². The molecule has 1 N–H and O–H groups in total. The summed E-state index contributed by atoms with van der Waals surface area (Å²) in [5.74, 6) is 1.05. The Hall–Kier alpha value is -4.13. The van der Waals surface area contributed by atoms with Crippen LogP contribution in [-0.2, 0) is 11.2 Å². The number of rotatable bonds is 12. The number of pyridine rings is 1. The van der Waals surface area contributed by atoms with E-state index in [1.165, 1.54) is 17.7 Å². The van der Waals surface area contributed by atoms with Gasteiger partial charge in [0.05, 0.1) is 19.7 Å². The highest BCUT2D eigenvalue weighted by Gasteiger charge is 2.15. The maximum Gasteiger partial charge on any atom is 0.224 e. The minimum Gasteiger partial charge on any atom is -0.493 e. The number of fused-ring (bicyclic) bond motifs is 1. The molecule has 198 valence electrons. The van der Waals surface area contributed by atoms with E-state index in [0.29, 0.717) is 40.3 Å². The Morgan fingerprint density at radius 3 is 2.42 bits per heavy atom. The number of aromatic nitrogens is 1. The molecule has 6 nitrogen and oxygen atoms in total. The van der Waals surface area contributed by atoms with Crippen LogP contribution in [0, 0.1) is 11.7 Å². The molecule has 0 fully saturated rings. The lowest BCUT2D eigenvalue weighted by Crippen LogP contribution is -2.15. The van der Waals surface area contributed by atoms with Gasteiger partial charge in [0.1, 0.15) is 5.75 Å². The molecule has 4 rings (SSSR count). The molecule has 0 saturated carbocycles. The summed E-state index contributed by atoms with van der Waals surface area (Å²) in [5, 5.41) is 3.46. The fraction of sp³-hybridized carbons (Fsp3) is 0.290. The molecule has 1 unspecified atom stereocenters. The third kappa shape index (κ3) is 7.00. The van der Waals surface area contributed by atoms with Crippen LogP contribution in [-0.4, -0.2) is 25.1 Å². The fourth-order valence-electron chi connectivity index (χ4n) is 4.41. The van der Waals surface area contributed by atoms with Crippen LogP contribution >= 0.6 is 0 Å². The van der Waals surface area contributed by atoms with Crippen molar-refractivity contribution in [3.8, 4) is 23.0 Å². The average Bonchev–Trinajstić information content (AvgIpc) is 2.92. The zero-order valence-electron chi connectivity index (χ0n) is 22.0. The van der Waals surface area contributed by atoms with Gasteiger partial charge in [0, 0.05) is 35.8 Å². The van der Waals surface area contributed by atoms with Gasteiger partial charge in [-0.05, 0) is 48.6 Å². The van der Waals surface area contributed by atoms with Crippen LogP contribution in [0.25, 0.3) is 10.9 Å². The van der Waals surface area contributed by atoms with Crippen molar-refractivity contribution in [3.05, 3.63) is 84.3 Å². The Balaban J connectivity index is 1.32. The normalized spacial score (nSPS) is 11.7. The first-order valence-corrected chi connectivity index (χ1v) is 12.8. The zero-order chi connectivity index (χ0) is 26.9. The van der Waals surface area contributed by atoms with Gasteiger partial charge in [-0.2, -0.15) is 0 Å². The quantitative estimate of drug-likeness (QED) is 0.197. The molecule has 1 atom stereocenters. The number of aryl methyl sites for hydroxylation is 1. The van der Waals surface area contributed by atoms with Gasteiger partial charge in [-0.15, -0.1) is 0 Å². The predicted octanol–water partition coefficient (Wildman–Crippen LogP) is 7.56. The van der Waals surface area contributed by atoms with Crippen molar-refractivity contribution < 1.29 is 23.4 Å². The van der Waals surface area contributed by atoms with Gasteiger partial charge in [0.15, 0.2) is 23.1 Å². The lowest BCUT2D eigenvalue weighted by Gasteiger charge is -2.14. The van der Waals surface area contributed by atoms with Crippen molar-refractivity contribution in [2.45, 2.75) is 39.0 Å². The molecule has 0 saturated heterocycles. The highest BCUT2D eigenvalue weighted by atomic mass is 19.1. The monoisotopic (exact) mass is 516 g/mol. The molecular weight excluding hydrogens is 483 g/mol. The number of benzene rings is 3. The number of methoxy groups -OCH3 is 2. The van der Waals surface area contributed by atoms with E-state index in [1.54, 1.807) is 44.7 Å². The van der Waals surface area contributed by atoms with Crippen LogP contribution in [0.2, 0.25) is 0 Å². The number of unbranched alkanes of at least 4 members (excludes halogenated alkanes) is 1. The molecule has 7 heteroatoms. The Morgan fingerprint density at radius 2 is 1.68 bits per heavy atom. The molecule has 0 spiro atoms.